The third-order valence-corrected chi connectivity index (χ3v) is 3.14. The number of carbonyl (C=O) groups excluding carboxylic acids is 1. The van der Waals surface area contributed by atoms with E-state index in [-0.39, 0.29) is 24.7 Å². The number of rotatable bonds is 5. The van der Waals surface area contributed by atoms with Gasteiger partial charge in [0.1, 0.15) is 6.61 Å². The van der Waals surface area contributed by atoms with Crippen LogP contribution >= 0.6 is 0 Å². The summed E-state index contributed by atoms with van der Waals surface area (Å²) in [6.07, 6.45) is 5.62. The van der Waals surface area contributed by atoms with Gasteiger partial charge in [-0.1, -0.05) is 33.1 Å². The molecule has 100 valence electrons. The van der Waals surface area contributed by atoms with Crippen molar-refractivity contribution in [3.63, 3.8) is 0 Å². The van der Waals surface area contributed by atoms with Crippen LogP contribution in [-0.4, -0.2) is 31.2 Å². The molecule has 0 aromatic carbocycles. The summed E-state index contributed by atoms with van der Waals surface area (Å²) in [6, 6.07) is 0.0930. The first-order valence-corrected chi connectivity index (χ1v) is 6.73. The zero-order chi connectivity index (χ0) is 12.7. The van der Waals surface area contributed by atoms with Crippen LogP contribution in [0.4, 0.5) is 0 Å². The minimum absolute atomic E-state index is 0.0323. The lowest BCUT2D eigenvalue weighted by Gasteiger charge is -2.21. The maximum absolute atomic E-state index is 11.5. The summed E-state index contributed by atoms with van der Waals surface area (Å²) in [5.74, 6) is 0.439. The fourth-order valence-corrected chi connectivity index (χ4v) is 2.06. The molecule has 4 heteroatoms. The number of amides is 1. The Morgan fingerprint density at radius 2 is 2.06 bits per heavy atom. The number of nitrogens with two attached hydrogens (primary N) is 1. The molecule has 0 spiro atoms. The average molecular weight is 242 g/mol. The molecule has 0 radical (unpaired) electrons. The lowest BCUT2D eigenvalue weighted by Crippen LogP contribution is -2.39. The van der Waals surface area contributed by atoms with Crippen LogP contribution in [-0.2, 0) is 9.53 Å². The molecule has 1 amide bonds. The normalized spacial score (nSPS) is 25.6. The van der Waals surface area contributed by atoms with Gasteiger partial charge in [-0.3, -0.25) is 4.79 Å². The highest BCUT2D eigenvalue weighted by molar-refractivity contribution is 5.77. The molecule has 2 unspecified atom stereocenters. The molecule has 1 rings (SSSR count). The Kier molecular flexibility index (Phi) is 6.52. The first-order chi connectivity index (χ1) is 8.09. The third-order valence-electron chi connectivity index (χ3n) is 3.14. The lowest BCUT2D eigenvalue weighted by atomic mass is 10.1. The molecule has 0 aromatic rings. The van der Waals surface area contributed by atoms with Crippen molar-refractivity contribution in [3.8, 4) is 0 Å². The predicted molar refractivity (Wildman–Crippen MR) is 68.6 cm³/mol. The van der Waals surface area contributed by atoms with Crippen molar-refractivity contribution < 1.29 is 9.53 Å². The second-order valence-corrected chi connectivity index (χ2v) is 5.35. The van der Waals surface area contributed by atoms with Gasteiger partial charge in [0.05, 0.1) is 6.10 Å². The highest BCUT2D eigenvalue weighted by Gasteiger charge is 2.21. The van der Waals surface area contributed by atoms with Gasteiger partial charge in [0.15, 0.2) is 0 Å². The quantitative estimate of drug-likeness (QED) is 0.717. The zero-order valence-corrected chi connectivity index (χ0v) is 11.1. The molecule has 2 atom stereocenters. The van der Waals surface area contributed by atoms with E-state index in [2.05, 4.69) is 19.2 Å². The molecule has 0 heterocycles. The summed E-state index contributed by atoms with van der Waals surface area (Å²) in [7, 11) is 0. The van der Waals surface area contributed by atoms with Crippen molar-refractivity contribution in [2.75, 3.05) is 13.2 Å². The number of ether oxygens (including phenoxy) is 1. The van der Waals surface area contributed by atoms with Crippen LogP contribution in [0, 0.1) is 5.92 Å². The molecule has 1 aliphatic rings. The van der Waals surface area contributed by atoms with Crippen LogP contribution in [0.15, 0.2) is 0 Å². The SMILES string of the molecule is CC(C)CNC(=O)COC1CCCCCC1N. The molecule has 0 saturated heterocycles. The summed E-state index contributed by atoms with van der Waals surface area (Å²) in [5, 5.41) is 2.85. The second-order valence-electron chi connectivity index (χ2n) is 5.35. The van der Waals surface area contributed by atoms with Crippen molar-refractivity contribution in [1.82, 2.24) is 5.32 Å². The highest BCUT2D eigenvalue weighted by atomic mass is 16.5. The molecule has 1 saturated carbocycles. The van der Waals surface area contributed by atoms with E-state index >= 15 is 0 Å². The maximum Gasteiger partial charge on any atom is 0.246 e. The second kappa shape index (κ2) is 7.67. The van der Waals surface area contributed by atoms with E-state index in [0.29, 0.717) is 12.5 Å². The summed E-state index contributed by atoms with van der Waals surface area (Å²) < 4.78 is 5.63. The third kappa shape index (κ3) is 6.03. The van der Waals surface area contributed by atoms with Crippen LogP contribution < -0.4 is 11.1 Å². The van der Waals surface area contributed by atoms with Crippen LogP contribution in [0.2, 0.25) is 0 Å². The Hall–Kier alpha value is -0.610. The van der Waals surface area contributed by atoms with Crippen LogP contribution in [0.5, 0.6) is 0 Å². The van der Waals surface area contributed by atoms with Crippen molar-refractivity contribution in [3.05, 3.63) is 0 Å². The molecule has 1 fully saturated rings. The largest absolute Gasteiger partial charge is 0.367 e. The van der Waals surface area contributed by atoms with Gasteiger partial charge in [0, 0.05) is 12.6 Å². The maximum atomic E-state index is 11.5. The molecular weight excluding hydrogens is 216 g/mol. The number of hydrogen-bond acceptors (Lipinski definition) is 3. The average Bonchev–Trinajstić information content (AvgIpc) is 2.48. The number of hydrogen-bond donors (Lipinski definition) is 2. The minimum atomic E-state index is -0.0323. The Morgan fingerprint density at radius 1 is 1.35 bits per heavy atom. The van der Waals surface area contributed by atoms with Crippen molar-refractivity contribution in [1.29, 1.82) is 0 Å². The Balaban J connectivity index is 2.21. The van der Waals surface area contributed by atoms with E-state index in [4.69, 9.17) is 10.5 Å². The summed E-state index contributed by atoms with van der Waals surface area (Å²) in [6.45, 7) is 4.99. The van der Waals surface area contributed by atoms with Crippen molar-refractivity contribution in [2.24, 2.45) is 11.7 Å². The van der Waals surface area contributed by atoms with E-state index in [1.807, 2.05) is 0 Å². The monoisotopic (exact) mass is 242 g/mol. The van der Waals surface area contributed by atoms with Gasteiger partial charge in [-0.25, -0.2) is 0 Å². The molecular formula is C13H26N2O2. The van der Waals surface area contributed by atoms with Crippen molar-refractivity contribution in [2.45, 2.75) is 58.1 Å². The first-order valence-electron chi connectivity index (χ1n) is 6.73. The highest BCUT2D eigenvalue weighted by Crippen LogP contribution is 2.19. The molecule has 0 aliphatic heterocycles. The fourth-order valence-electron chi connectivity index (χ4n) is 2.06. The molecule has 17 heavy (non-hydrogen) atoms. The van der Waals surface area contributed by atoms with Gasteiger partial charge < -0.3 is 15.8 Å². The molecule has 1 aliphatic carbocycles. The van der Waals surface area contributed by atoms with E-state index in [1.54, 1.807) is 0 Å². The molecule has 0 aromatic heterocycles. The standard InChI is InChI=1S/C13H26N2O2/c1-10(2)8-15-13(16)9-17-12-7-5-3-4-6-11(12)14/h10-12H,3-9,14H2,1-2H3,(H,15,16). The predicted octanol–water partition coefficient (Wildman–Crippen LogP) is 1.44. The molecule has 4 nitrogen and oxygen atoms in total. The van der Waals surface area contributed by atoms with Crippen molar-refractivity contribution >= 4 is 5.91 Å². The minimum Gasteiger partial charge on any atom is -0.367 e. The van der Waals surface area contributed by atoms with Gasteiger partial charge in [-0.05, 0) is 18.8 Å². The molecule has 0 bridgehead atoms. The van der Waals surface area contributed by atoms with Gasteiger partial charge >= 0.3 is 0 Å². The van der Waals surface area contributed by atoms with E-state index < -0.39 is 0 Å². The lowest BCUT2D eigenvalue weighted by molar-refractivity contribution is -0.128. The Morgan fingerprint density at radius 3 is 2.76 bits per heavy atom. The van der Waals surface area contributed by atoms with Gasteiger partial charge in [-0.15, -0.1) is 0 Å². The van der Waals surface area contributed by atoms with Crippen LogP contribution in [0.3, 0.4) is 0 Å². The van der Waals surface area contributed by atoms with E-state index in [9.17, 15) is 4.79 Å². The smallest absolute Gasteiger partial charge is 0.246 e. The van der Waals surface area contributed by atoms with Gasteiger partial charge in [-0.2, -0.15) is 0 Å². The van der Waals surface area contributed by atoms with E-state index in [0.717, 1.165) is 19.3 Å². The first kappa shape index (κ1) is 14.5. The zero-order valence-electron chi connectivity index (χ0n) is 11.1. The molecule has 3 N–H and O–H groups in total. The van der Waals surface area contributed by atoms with Crippen LogP contribution in [0.1, 0.15) is 46.0 Å². The Labute approximate surface area is 104 Å². The Bertz CT molecular complexity index is 231. The summed E-state index contributed by atoms with van der Waals surface area (Å²) in [5.41, 5.74) is 6.03. The number of carbonyl (C=O) groups is 1. The number of nitrogens with one attached hydrogen (secondary N) is 1. The van der Waals surface area contributed by atoms with Crippen LogP contribution in [0.25, 0.3) is 0 Å². The van der Waals surface area contributed by atoms with Gasteiger partial charge in [0.25, 0.3) is 0 Å². The summed E-state index contributed by atoms with van der Waals surface area (Å²) >= 11 is 0. The summed E-state index contributed by atoms with van der Waals surface area (Å²) in [4.78, 5) is 11.5. The fraction of sp³-hybridized carbons (Fsp3) is 0.923. The van der Waals surface area contributed by atoms with E-state index in [1.165, 1.54) is 12.8 Å². The van der Waals surface area contributed by atoms with Gasteiger partial charge in [0.2, 0.25) is 5.91 Å². The topological polar surface area (TPSA) is 64.3 Å².